The van der Waals surface area contributed by atoms with Crippen molar-refractivity contribution in [2.24, 2.45) is 0 Å². The van der Waals surface area contributed by atoms with Crippen LogP contribution < -0.4 is 5.32 Å². The molecular formula is C6H5N2O. The van der Waals surface area contributed by atoms with Gasteiger partial charge in [-0.3, -0.25) is 9.78 Å². The van der Waals surface area contributed by atoms with E-state index in [1.54, 1.807) is 18.3 Å². The number of pyridine rings is 1. The summed E-state index contributed by atoms with van der Waals surface area (Å²) in [6, 6.07) is 3.43. The van der Waals surface area contributed by atoms with Gasteiger partial charge in [0, 0.05) is 6.20 Å². The Morgan fingerprint density at radius 2 is 2.56 bits per heavy atom. The lowest BCUT2D eigenvalue weighted by Gasteiger charge is -1.88. The van der Waals surface area contributed by atoms with E-state index in [9.17, 15) is 4.79 Å². The average Bonchev–Trinajstić information content (AvgIpc) is 1.91. The largest absolute Gasteiger partial charge is 0.276 e. The minimum Gasteiger partial charge on any atom is -0.276 e. The number of hydrogen-bond donors (Lipinski definition) is 0. The Balaban J connectivity index is 2.72. The van der Waals surface area contributed by atoms with Gasteiger partial charge in [0.25, 0.3) is 0 Å². The normalized spacial score (nSPS) is 8.44. The van der Waals surface area contributed by atoms with E-state index in [1.165, 1.54) is 6.20 Å². The molecule has 0 fully saturated rings. The Kier molecular flexibility index (Phi) is 1.80. The number of hydrogen-bond acceptors (Lipinski definition) is 2. The van der Waals surface area contributed by atoms with Crippen LogP contribution in [0.2, 0.25) is 0 Å². The summed E-state index contributed by atoms with van der Waals surface area (Å²) in [7, 11) is 0. The molecule has 1 aromatic heterocycles. The van der Waals surface area contributed by atoms with E-state index in [0.717, 1.165) is 0 Å². The van der Waals surface area contributed by atoms with E-state index in [0.29, 0.717) is 12.1 Å². The van der Waals surface area contributed by atoms with Crippen molar-refractivity contribution >= 4 is 12.1 Å². The van der Waals surface area contributed by atoms with Crippen LogP contribution in [0.4, 0.5) is 5.69 Å². The predicted octanol–water partition coefficient (Wildman–Crippen LogP) is 0.474. The van der Waals surface area contributed by atoms with Gasteiger partial charge < -0.3 is 0 Å². The molecule has 0 N–H and O–H groups in total. The molecule has 9 heavy (non-hydrogen) atoms. The van der Waals surface area contributed by atoms with Crippen LogP contribution in [0.5, 0.6) is 0 Å². The van der Waals surface area contributed by atoms with Crippen LogP contribution in [0, 0.1) is 0 Å². The molecule has 1 amide bonds. The Morgan fingerprint density at radius 3 is 3.11 bits per heavy atom. The molecule has 3 nitrogen and oxygen atoms in total. The third kappa shape index (κ3) is 1.53. The van der Waals surface area contributed by atoms with Crippen molar-refractivity contribution in [1.29, 1.82) is 0 Å². The summed E-state index contributed by atoms with van der Waals surface area (Å²) >= 11 is 0. The predicted molar refractivity (Wildman–Crippen MR) is 32.1 cm³/mol. The topological polar surface area (TPSA) is 44.1 Å². The van der Waals surface area contributed by atoms with E-state index in [4.69, 9.17) is 0 Å². The van der Waals surface area contributed by atoms with Gasteiger partial charge in [0.2, 0.25) is 6.41 Å². The van der Waals surface area contributed by atoms with Gasteiger partial charge in [-0.25, -0.2) is 5.32 Å². The van der Waals surface area contributed by atoms with Gasteiger partial charge in [0.05, 0.1) is 11.9 Å². The molecule has 0 spiro atoms. The highest BCUT2D eigenvalue weighted by Crippen LogP contribution is 1.99. The first-order valence-electron chi connectivity index (χ1n) is 2.48. The van der Waals surface area contributed by atoms with Crippen LogP contribution in [0.3, 0.4) is 0 Å². The third-order valence-corrected chi connectivity index (χ3v) is 0.848. The summed E-state index contributed by atoms with van der Waals surface area (Å²) in [4.78, 5) is 13.5. The Morgan fingerprint density at radius 1 is 1.67 bits per heavy atom. The van der Waals surface area contributed by atoms with Crippen LogP contribution in [0.1, 0.15) is 0 Å². The molecule has 0 unspecified atom stereocenters. The lowest BCUT2D eigenvalue weighted by Crippen LogP contribution is -1.91. The monoisotopic (exact) mass is 121 g/mol. The maximum absolute atomic E-state index is 9.78. The van der Waals surface area contributed by atoms with E-state index in [2.05, 4.69) is 10.3 Å². The van der Waals surface area contributed by atoms with Gasteiger partial charge in [-0.05, 0) is 12.1 Å². The summed E-state index contributed by atoms with van der Waals surface area (Å²) < 4.78 is 0. The second-order valence-corrected chi connectivity index (χ2v) is 1.45. The zero-order valence-corrected chi connectivity index (χ0v) is 4.69. The maximum Gasteiger partial charge on any atom is 0.233 e. The Labute approximate surface area is 52.7 Å². The van der Waals surface area contributed by atoms with Crippen molar-refractivity contribution in [3.8, 4) is 0 Å². The highest BCUT2D eigenvalue weighted by Gasteiger charge is 1.85. The smallest absolute Gasteiger partial charge is 0.233 e. The number of carbonyl (C=O) groups excluding carboxylic acids is 1. The highest BCUT2D eigenvalue weighted by atomic mass is 16.1. The quantitative estimate of drug-likeness (QED) is 0.534. The van der Waals surface area contributed by atoms with Crippen LogP contribution in [0.25, 0.3) is 0 Å². The van der Waals surface area contributed by atoms with Crippen molar-refractivity contribution in [3.63, 3.8) is 0 Å². The van der Waals surface area contributed by atoms with E-state index in [-0.39, 0.29) is 0 Å². The summed E-state index contributed by atoms with van der Waals surface area (Å²) in [6.07, 6.45) is 3.65. The van der Waals surface area contributed by atoms with Crippen LogP contribution >= 0.6 is 0 Å². The number of amides is 1. The highest BCUT2D eigenvalue weighted by molar-refractivity contribution is 5.56. The fraction of sp³-hybridized carbons (Fsp3) is 0. The molecule has 1 heterocycles. The first-order chi connectivity index (χ1) is 4.43. The molecule has 1 aromatic rings. The van der Waals surface area contributed by atoms with Gasteiger partial charge in [0.1, 0.15) is 0 Å². The second kappa shape index (κ2) is 2.81. The van der Waals surface area contributed by atoms with E-state index >= 15 is 0 Å². The van der Waals surface area contributed by atoms with Gasteiger partial charge in [-0.15, -0.1) is 0 Å². The molecule has 0 aromatic carbocycles. The molecule has 0 saturated carbocycles. The lowest BCUT2D eigenvalue weighted by molar-refractivity contribution is -0.108. The summed E-state index contributed by atoms with van der Waals surface area (Å²) in [6.45, 7) is 0. The van der Waals surface area contributed by atoms with Gasteiger partial charge in [-0.1, -0.05) is 0 Å². The van der Waals surface area contributed by atoms with Crippen LogP contribution in [-0.2, 0) is 4.79 Å². The maximum atomic E-state index is 9.78. The molecular weight excluding hydrogens is 116 g/mol. The molecule has 0 saturated heterocycles. The number of carbonyl (C=O) groups is 1. The van der Waals surface area contributed by atoms with Gasteiger partial charge in [0.15, 0.2) is 0 Å². The second-order valence-electron chi connectivity index (χ2n) is 1.45. The summed E-state index contributed by atoms with van der Waals surface area (Å²) in [5.74, 6) is 0. The van der Waals surface area contributed by atoms with Crippen LogP contribution in [-0.4, -0.2) is 11.4 Å². The Bertz CT molecular complexity index is 186. The molecule has 0 aliphatic rings. The molecule has 3 heteroatoms. The number of aromatic nitrogens is 1. The standard InChI is InChI=1S/C6H5N2O/c9-5-8-6-2-1-3-7-4-6/h1-5H. The molecule has 0 bridgehead atoms. The van der Waals surface area contributed by atoms with E-state index in [1.807, 2.05) is 0 Å². The first kappa shape index (κ1) is 5.75. The minimum absolute atomic E-state index is 0.497. The Hall–Kier alpha value is -1.38. The van der Waals surface area contributed by atoms with E-state index < -0.39 is 0 Å². The fourth-order valence-corrected chi connectivity index (χ4v) is 0.491. The molecule has 0 aliphatic carbocycles. The van der Waals surface area contributed by atoms with Crippen molar-refractivity contribution in [2.75, 3.05) is 0 Å². The molecule has 1 rings (SSSR count). The molecule has 0 aliphatic heterocycles. The summed E-state index contributed by atoms with van der Waals surface area (Å²) in [5.41, 5.74) is 0.590. The lowest BCUT2D eigenvalue weighted by atomic mass is 10.4. The molecule has 0 atom stereocenters. The summed E-state index contributed by atoms with van der Waals surface area (Å²) in [5, 5.41) is 3.46. The number of rotatable bonds is 2. The minimum atomic E-state index is 0.497. The molecule has 45 valence electrons. The first-order valence-corrected chi connectivity index (χ1v) is 2.48. The van der Waals surface area contributed by atoms with Crippen LogP contribution in [0.15, 0.2) is 24.5 Å². The molecule has 1 radical (unpaired) electrons. The zero-order valence-electron chi connectivity index (χ0n) is 4.69. The van der Waals surface area contributed by atoms with Gasteiger partial charge in [-0.2, -0.15) is 0 Å². The fourth-order valence-electron chi connectivity index (χ4n) is 0.491. The van der Waals surface area contributed by atoms with Crippen molar-refractivity contribution < 1.29 is 4.79 Å². The average molecular weight is 121 g/mol. The van der Waals surface area contributed by atoms with Crippen molar-refractivity contribution in [3.05, 3.63) is 24.5 Å². The SMILES string of the molecule is O=C[N]c1cccnc1. The van der Waals surface area contributed by atoms with Crippen molar-refractivity contribution in [2.45, 2.75) is 0 Å². The van der Waals surface area contributed by atoms with Crippen molar-refractivity contribution in [1.82, 2.24) is 10.3 Å². The number of nitrogens with zero attached hydrogens (tertiary/aromatic N) is 2. The van der Waals surface area contributed by atoms with Gasteiger partial charge >= 0.3 is 0 Å². The zero-order chi connectivity index (χ0) is 6.53. The third-order valence-electron chi connectivity index (χ3n) is 0.848.